The Hall–Kier alpha value is -1.53. The van der Waals surface area contributed by atoms with Crippen LogP contribution in [0.4, 0.5) is 0 Å². The lowest BCUT2D eigenvalue weighted by molar-refractivity contribution is -0.151. The maximum atomic E-state index is 11.5. The van der Waals surface area contributed by atoms with Gasteiger partial charge in [0.25, 0.3) is 17.9 Å². The van der Waals surface area contributed by atoms with Crippen molar-refractivity contribution in [1.29, 1.82) is 0 Å². The highest BCUT2D eigenvalue weighted by atomic mass is 16.8. The fourth-order valence-electron chi connectivity index (χ4n) is 0.765. The second-order valence-corrected chi connectivity index (χ2v) is 5.06. The van der Waals surface area contributed by atoms with Gasteiger partial charge in [0.15, 0.2) is 0 Å². The fourth-order valence-corrected chi connectivity index (χ4v) is 0.765. The third kappa shape index (κ3) is 6.83. The third-order valence-electron chi connectivity index (χ3n) is 2.05. The summed E-state index contributed by atoms with van der Waals surface area (Å²) in [7, 11) is -1.63. The van der Waals surface area contributed by atoms with Crippen molar-refractivity contribution < 1.29 is 28.3 Å². The molecule has 7 heteroatoms. The average Bonchev–Trinajstić information content (AvgIpc) is 2.27. The molecular formula is C12H21BO6. The summed E-state index contributed by atoms with van der Waals surface area (Å²) in [6.07, 6.45) is 0. The first-order valence-corrected chi connectivity index (χ1v) is 6.26. The van der Waals surface area contributed by atoms with E-state index in [1.165, 1.54) is 0 Å². The van der Waals surface area contributed by atoms with Crippen LogP contribution in [0.15, 0.2) is 0 Å². The predicted molar refractivity (Wildman–Crippen MR) is 68.5 cm³/mol. The van der Waals surface area contributed by atoms with Crippen molar-refractivity contribution in [3.05, 3.63) is 0 Å². The minimum Gasteiger partial charge on any atom is -0.462 e. The van der Waals surface area contributed by atoms with E-state index in [9.17, 15) is 14.4 Å². The molecule has 0 rings (SSSR count). The molecule has 0 aromatic carbocycles. The first-order valence-electron chi connectivity index (χ1n) is 6.26. The van der Waals surface area contributed by atoms with E-state index in [4.69, 9.17) is 14.0 Å². The lowest BCUT2D eigenvalue weighted by atomic mass is 10.1. The molecule has 0 radical (unpaired) electrons. The van der Waals surface area contributed by atoms with E-state index in [1.54, 1.807) is 41.5 Å². The maximum absolute atomic E-state index is 11.5. The van der Waals surface area contributed by atoms with E-state index in [0.717, 1.165) is 0 Å². The molecule has 0 amide bonds. The van der Waals surface area contributed by atoms with Gasteiger partial charge in [0.05, 0.1) is 0 Å². The smallest absolute Gasteiger partial charge is 0.462 e. The van der Waals surface area contributed by atoms with Gasteiger partial charge in [-0.2, -0.15) is 0 Å². The number of carbonyl (C=O) groups excluding carboxylic acids is 3. The quantitative estimate of drug-likeness (QED) is 0.683. The molecule has 0 aliphatic carbocycles. The zero-order chi connectivity index (χ0) is 15.2. The number of carbonyl (C=O) groups is 3. The molecule has 0 saturated carbocycles. The highest BCUT2D eigenvalue weighted by Crippen LogP contribution is 2.07. The van der Waals surface area contributed by atoms with E-state index < -0.39 is 43.0 Å². The minimum absolute atomic E-state index is 0.419. The second-order valence-electron chi connectivity index (χ2n) is 5.06. The Morgan fingerprint density at radius 3 is 1.00 bits per heavy atom. The first-order chi connectivity index (χ1) is 8.65. The Bertz CT molecular complexity index is 285. The molecule has 0 spiro atoms. The molecular weight excluding hydrogens is 251 g/mol. The van der Waals surface area contributed by atoms with Crippen LogP contribution in [0.25, 0.3) is 0 Å². The van der Waals surface area contributed by atoms with Crippen molar-refractivity contribution in [2.24, 2.45) is 17.8 Å². The molecule has 0 atom stereocenters. The van der Waals surface area contributed by atoms with E-state index in [1.807, 2.05) is 0 Å². The molecule has 0 bridgehead atoms. The largest absolute Gasteiger partial charge is 0.870 e. The van der Waals surface area contributed by atoms with Gasteiger partial charge in [-0.25, -0.2) is 0 Å². The molecule has 0 N–H and O–H groups in total. The maximum Gasteiger partial charge on any atom is 0.870 e. The molecule has 0 aliphatic heterocycles. The molecule has 0 heterocycles. The minimum atomic E-state index is -1.63. The van der Waals surface area contributed by atoms with Crippen LogP contribution >= 0.6 is 0 Å². The third-order valence-corrected chi connectivity index (χ3v) is 2.05. The summed E-state index contributed by atoms with van der Waals surface area (Å²) in [5, 5.41) is 0. The van der Waals surface area contributed by atoms with Crippen molar-refractivity contribution in [3.8, 4) is 0 Å². The molecule has 108 valence electrons. The predicted octanol–water partition coefficient (Wildman–Crippen LogP) is 1.57. The second kappa shape index (κ2) is 7.81. The summed E-state index contributed by atoms with van der Waals surface area (Å²) < 4.78 is 14.5. The van der Waals surface area contributed by atoms with Gasteiger partial charge >= 0.3 is 7.32 Å². The average molecular weight is 272 g/mol. The molecule has 6 nitrogen and oxygen atoms in total. The molecule has 0 saturated heterocycles. The van der Waals surface area contributed by atoms with Crippen molar-refractivity contribution in [2.75, 3.05) is 0 Å². The van der Waals surface area contributed by atoms with Gasteiger partial charge in [0, 0.05) is 17.8 Å². The molecule has 0 aromatic heterocycles. The summed E-state index contributed by atoms with van der Waals surface area (Å²) in [5.74, 6) is -3.09. The Labute approximate surface area is 114 Å². The van der Waals surface area contributed by atoms with Gasteiger partial charge in [0.1, 0.15) is 0 Å². The van der Waals surface area contributed by atoms with Crippen LogP contribution < -0.4 is 0 Å². The first kappa shape index (κ1) is 17.5. The molecule has 0 aliphatic rings. The van der Waals surface area contributed by atoms with Crippen molar-refractivity contribution in [2.45, 2.75) is 41.5 Å². The van der Waals surface area contributed by atoms with E-state index in [2.05, 4.69) is 0 Å². The fraction of sp³-hybridized carbons (Fsp3) is 0.750. The number of hydrogen-bond acceptors (Lipinski definition) is 6. The Balaban J connectivity index is 4.68. The van der Waals surface area contributed by atoms with Crippen LogP contribution in [0.1, 0.15) is 41.5 Å². The van der Waals surface area contributed by atoms with Crippen LogP contribution in [0, 0.1) is 17.8 Å². The van der Waals surface area contributed by atoms with Gasteiger partial charge in [-0.1, -0.05) is 41.5 Å². The number of hydrogen-bond donors (Lipinski definition) is 0. The zero-order valence-electron chi connectivity index (χ0n) is 12.3. The van der Waals surface area contributed by atoms with Crippen molar-refractivity contribution in [1.82, 2.24) is 0 Å². The highest BCUT2D eigenvalue weighted by Gasteiger charge is 2.38. The Kier molecular flexibility index (Phi) is 7.18. The number of rotatable bonds is 6. The van der Waals surface area contributed by atoms with Crippen molar-refractivity contribution >= 4 is 25.2 Å². The molecule has 0 unspecified atom stereocenters. The highest BCUT2D eigenvalue weighted by molar-refractivity contribution is 6.44. The van der Waals surface area contributed by atoms with E-state index in [0.29, 0.717) is 0 Å². The zero-order valence-corrected chi connectivity index (χ0v) is 12.3. The topological polar surface area (TPSA) is 78.9 Å². The Morgan fingerprint density at radius 1 is 0.632 bits per heavy atom. The molecule has 0 fully saturated rings. The molecule has 0 aromatic rings. The van der Waals surface area contributed by atoms with Crippen LogP contribution in [0.2, 0.25) is 0 Å². The van der Waals surface area contributed by atoms with Crippen LogP contribution in [0.5, 0.6) is 0 Å². The van der Waals surface area contributed by atoms with E-state index >= 15 is 0 Å². The van der Waals surface area contributed by atoms with Crippen LogP contribution in [0.3, 0.4) is 0 Å². The monoisotopic (exact) mass is 272 g/mol. The summed E-state index contributed by atoms with van der Waals surface area (Å²) in [6, 6.07) is 0. The summed E-state index contributed by atoms with van der Waals surface area (Å²) >= 11 is 0. The van der Waals surface area contributed by atoms with Gasteiger partial charge < -0.3 is 14.0 Å². The van der Waals surface area contributed by atoms with E-state index in [-0.39, 0.29) is 0 Å². The summed E-state index contributed by atoms with van der Waals surface area (Å²) in [5.41, 5.74) is 0. The van der Waals surface area contributed by atoms with Crippen LogP contribution in [-0.2, 0) is 28.3 Å². The Morgan fingerprint density at radius 2 is 0.842 bits per heavy atom. The van der Waals surface area contributed by atoms with Gasteiger partial charge in [-0.15, -0.1) is 0 Å². The van der Waals surface area contributed by atoms with Crippen molar-refractivity contribution in [3.63, 3.8) is 0 Å². The summed E-state index contributed by atoms with van der Waals surface area (Å²) in [4.78, 5) is 34.4. The standard InChI is InChI=1S/C12H21BO6/c1-7(2)10(14)17-13(18-11(15)8(3)4)19-12(16)9(5)6/h7-9H,1-6H3. The van der Waals surface area contributed by atoms with Gasteiger partial charge in [-0.3, -0.25) is 14.4 Å². The van der Waals surface area contributed by atoms with Crippen LogP contribution in [-0.4, -0.2) is 25.2 Å². The summed E-state index contributed by atoms with van der Waals surface area (Å²) in [6.45, 7) is 9.71. The normalized spacial score (nSPS) is 10.6. The lowest BCUT2D eigenvalue weighted by Gasteiger charge is -2.16. The molecule has 19 heavy (non-hydrogen) atoms. The van der Waals surface area contributed by atoms with Gasteiger partial charge in [0.2, 0.25) is 0 Å². The SMILES string of the molecule is CC(C)C(=O)OB(OC(=O)C(C)C)OC(=O)C(C)C. The van der Waals surface area contributed by atoms with Gasteiger partial charge in [-0.05, 0) is 0 Å². The lowest BCUT2D eigenvalue weighted by Crippen LogP contribution is -2.38.